The SMILES string of the molecule is O=C(C1=Cc2ccccc2OC1)N1CCC2(CCNC2)CC1. The Labute approximate surface area is 131 Å². The Balaban J connectivity index is 1.46. The molecule has 4 heteroatoms. The topological polar surface area (TPSA) is 41.6 Å². The van der Waals surface area contributed by atoms with Crippen LogP contribution in [0.3, 0.4) is 0 Å². The van der Waals surface area contributed by atoms with Crippen molar-refractivity contribution in [2.24, 2.45) is 5.41 Å². The molecular weight excluding hydrogens is 276 g/mol. The predicted octanol–water partition coefficient (Wildman–Crippen LogP) is 2.06. The zero-order valence-electron chi connectivity index (χ0n) is 12.8. The fraction of sp³-hybridized carbons (Fsp3) is 0.500. The van der Waals surface area contributed by atoms with Gasteiger partial charge in [0.1, 0.15) is 12.4 Å². The van der Waals surface area contributed by atoms with Crippen LogP contribution in [0.2, 0.25) is 0 Å². The molecule has 0 unspecified atom stereocenters. The largest absolute Gasteiger partial charge is 0.488 e. The molecule has 1 aromatic rings. The van der Waals surface area contributed by atoms with Crippen molar-refractivity contribution in [2.45, 2.75) is 19.3 Å². The molecule has 1 amide bonds. The third kappa shape index (κ3) is 2.41. The molecule has 0 atom stereocenters. The number of piperidine rings is 1. The van der Waals surface area contributed by atoms with Crippen LogP contribution in [0.25, 0.3) is 6.08 Å². The van der Waals surface area contributed by atoms with Crippen LogP contribution in [0, 0.1) is 5.41 Å². The zero-order valence-corrected chi connectivity index (χ0v) is 12.8. The maximum Gasteiger partial charge on any atom is 0.253 e. The molecule has 0 aromatic heterocycles. The lowest BCUT2D eigenvalue weighted by Crippen LogP contribution is -2.45. The molecule has 0 bridgehead atoms. The number of hydrogen-bond acceptors (Lipinski definition) is 3. The number of ether oxygens (including phenoxy) is 1. The van der Waals surface area contributed by atoms with Crippen LogP contribution in [0.5, 0.6) is 5.75 Å². The van der Waals surface area contributed by atoms with E-state index in [9.17, 15) is 4.79 Å². The number of rotatable bonds is 1. The summed E-state index contributed by atoms with van der Waals surface area (Å²) in [5.74, 6) is 1.02. The van der Waals surface area contributed by atoms with E-state index in [1.54, 1.807) is 0 Å². The second-order valence-corrected chi connectivity index (χ2v) is 6.72. The standard InChI is InChI=1S/C18H22N2O2/c21-17(15-11-14-3-1-2-4-16(14)22-12-15)20-9-6-18(7-10-20)5-8-19-13-18/h1-4,11,19H,5-10,12-13H2. The monoisotopic (exact) mass is 298 g/mol. The molecule has 1 aromatic carbocycles. The number of likely N-dealkylation sites (tertiary alicyclic amines) is 1. The van der Waals surface area contributed by atoms with Crippen LogP contribution in [-0.2, 0) is 4.79 Å². The number of carbonyl (C=O) groups is 1. The van der Waals surface area contributed by atoms with E-state index in [2.05, 4.69) is 5.32 Å². The number of para-hydroxylation sites is 1. The Morgan fingerprint density at radius 2 is 2.00 bits per heavy atom. The number of carbonyl (C=O) groups excluding carboxylic acids is 1. The fourth-order valence-electron chi connectivity index (χ4n) is 3.85. The van der Waals surface area contributed by atoms with Gasteiger partial charge in [0.05, 0.1) is 5.57 Å². The second-order valence-electron chi connectivity index (χ2n) is 6.72. The summed E-state index contributed by atoms with van der Waals surface area (Å²) in [6, 6.07) is 7.88. The van der Waals surface area contributed by atoms with E-state index in [1.165, 1.54) is 6.42 Å². The number of benzene rings is 1. The third-order valence-electron chi connectivity index (χ3n) is 5.35. The highest BCUT2D eigenvalue weighted by atomic mass is 16.5. The molecule has 4 nitrogen and oxygen atoms in total. The molecule has 3 aliphatic heterocycles. The van der Waals surface area contributed by atoms with E-state index in [0.717, 1.165) is 55.9 Å². The van der Waals surface area contributed by atoms with Gasteiger partial charge in [-0.15, -0.1) is 0 Å². The van der Waals surface area contributed by atoms with Gasteiger partial charge in [0.25, 0.3) is 5.91 Å². The van der Waals surface area contributed by atoms with Gasteiger partial charge in [0.2, 0.25) is 0 Å². The normalized spacial score (nSPS) is 22.9. The van der Waals surface area contributed by atoms with Crippen molar-refractivity contribution in [2.75, 3.05) is 32.8 Å². The van der Waals surface area contributed by atoms with Crippen LogP contribution in [0.15, 0.2) is 29.8 Å². The lowest BCUT2D eigenvalue weighted by molar-refractivity contribution is -0.129. The number of nitrogens with zero attached hydrogens (tertiary/aromatic N) is 1. The summed E-state index contributed by atoms with van der Waals surface area (Å²) < 4.78 is 5.72. The molecule has 0 saturated carbocycles. The van der Waals surface area contributed by atoms with Gasteiger partial charge >= 0.3 is 0 Å². The minimum Gasteiger partial charge on any atom is -0.488 e. The quantitative estimate of drug-likeness (QED) is 0.863. The minimum absolute atomic E-state index is 0.148. The van der Waals surface area contributed by atoms with Crippen molar-refractivity contribution in [1.29, 1.82) is 0 Å². The van der Waals surface area contributed by atoms with Gasteiger partial charge in [-0.3, -0.25) is 4.79 Å². The number of hydrogen-bond donors (Lipinski definition) is 1. The average Bonchev–Trinajstić information content (AvgIpc) is 3.02. The van der Waals surface area contributed by atoms with Crippen LogP contribution in [0.1, 0.15) is 24.8 Å². The highest BCUT2D eigenvalue weighted by Gasteiger charge is 2.38. The first-order valence-electron chi connectivity index (χ1n) is 8.18. The van der Waals surface area contributed by atoms with E-state index in [0.29, 0.717) is 12.0 Å². The molecule has 4 rings (SSSR count). The first-order valence-corrected chi connectivity index (χ1v) is 8.18. The summed E-state index contributed by atoms with van der Waals surface area (Å²) in [5.41, 5.74) is 2.23. The van der Waals surface area contributed by atoms with E-state index < -0.39 is 0 Å². The average molecular weight is 298 g/mol. The highest BCUT2D eigenvalue weighted by molar-refractivity contribution is 5.99. The molecule has 116 valence electrons. The van der Waals surface area contributed by atoms with Crippen molar-refractivity contribution in [3.8, 4) is 5.75 Å². The fourth-order valence-corrected chi connectivity index (χ4v) is 3.85. The first kappa shape index (κ1) is 13.8. The summed E-state index contributed by atoms with van der Waals surface area (Å²) in [4.78, 5) is 14.7. The molecule has 22 heavy (non-hydrogen) atoms. The highest BCUT2D eigenvalue weighted by Crippen LogP contribution is 2.37. The summed E-state index contributed by atoms with van der Waals surface area (Å²) in [5, 5.41) is 3.47. The zero-order chi connectivity index (χ0) is 15.0. The third-order valence-corrected chi connectivity index (χ3v) is 5.35. The van der Waals surface area contributed by atoms with Gasteiger partial charge in [0.15, 0.2) is 0 Å². The van der Waals surface area contributed by atoms with Crippen LogP contribution in [0.4, 0.5) is 0 Å². The molecule has 3 heterocycles. The van der Waals surface area contributed by atoms with E-state index in [1.807, 2.05) is 35.2 Å². The van der Waals surface area contributed by atoms with Gasteiger partial charge in [-0.1, -0.05) is 18.2 Å². The lowest BCUT2D eigenvalue weighted by atomic mass is 9.77. The summed E-state index contributed by atoms with van der Waals surface area (Å²) >= 11 is 0. The summed E-state index contributed by atoms with van der Waals surface area (Å²) in [6.45, 7) is 4.38. The van der Waals surface area contributed by atoms with E-state index in [-0.39, 0.29) is 5.91 Å². The number of fused-ring (bicyclic) bond motifs is 1. The molecule has 2 fully saturated rings. The van der Waals surface area contributed by atoms with Crippen molar-refractivity contribution in [3.05, 3.63) is 35.4 Å². The maximum atomic E-state index is 12.7. The van der Waals surface area contributed by atoms with Crippen molar-refractivity contribution in [3.63, 3.8) is 0 Å². The Morgan fingerprint density at radius 3 is 2.77 bits per heavy atom. The van der Waals surface area contributed by atoms with Crippen molar-refractivity contribution >= 4 is 12.0 Å². The van der Waals surface area contributed by atoms with Gasteiger partial charge in [0, 0.05) is 25.2 Å². The number of amides is 1. The Kier molecular flexibility index (Phi) is 3.41. The van der Waals surface area contributed by atoms with E-state index >= 15 is 0 Å². The van der Waals surface area contributed by atoms with Gasteiger partial charge < -0.3 is 15.0 Å². The number of nitrogens with one attached hydrogen (secondary N) is 1. The maximum absolute atomic E-state index is 12.7. The first-order chi connectivity index (χ1) is 10.8. The van der Waals surface area contributed by atoms with Gasteiger partial charge in [-0.05, 0) is 43.4 Å². The Bertz CT molecular complexity index is 607. The van der Waals surface area contributed by atoms with Gasteiger partial charge in [-0.25, -0.2) is 0 Å². The van der Waals surface area contributed by atoms with Crippen LogP contribution in [-0.4, -0.2) is 43.6 Å². The van der Waals surface area contributed by atoms with E-state index in [4.69, 9.17) is 4.74 Å². The molecule has 0 aliphatic carbocycles. The lowest BCUT2D eigenvalue weighted by Gasteiger charge is -2.39. The van der Waals surface area contributed by atoms with Crippen molar-refractivity contribution < 1.29 is 9.53 Å². The predicted molar refractivity (Wildman–Crippen MR) is 85.6 cm³/mol. The molecule has 0 radical (unpaired) electrons. The smallest absolute Gasteiger partial charge is 0.253 e. The minimum atomic E-state index is 0.148. The molecule has 1 spiro atoms. The Morgan fingerprint density at radius 1 is 1.18 bits per heavy atom. The second kappa shape index (κ2) is 5.43. The summed E-state index contributed by atoms with van der Waals surface area (Å²) in [7, 11) is 0. The summed E-state index contributed by atoms with van der Waals surface area (Å²) in [6.07, 6.45) is 5.49. The Hall–Kier alpha value is -1.81. The molecule has 3 aliphatic rings. The van der Waals surface area contributed by atoms with Crippen LogP contribution < -0.4 is 10.1 Å². The molecule has 1 N–H and O–H groups in total. The van der Waals surface area contributed by atoms with Gasteiger partial charge in [-0.2, -0.15) is 0 Å². The molecular formula is C18H22N2O2. The van der Waals surface area contributed by atoms with Crippen molar-refractivity contribution in [1.82, 2.24) is 10.2 Å². The van der Waals surface area contributed by atoms with Crippen LogP contribution >= 0.6 is 0 Å². The molecule has 2 saturated heterocycles.